The average Bonchev–Trinajstić information content (AvgIpc) is 3.55. The first-order valence-corrected chi connectivity index (χ1v) is 13.1. The molecule has 5 aromatic rings. The molecule has 3 aromatic heterocycles. The van der Waals surface area contributed by atoms with Crippen molar-refractivity contribution in [2.75, 3.05) is 19.7 Å². The molecule has 0 atom stereocenters. The van der Waals surface area contributed by atoms with Crippen LogP contribution in [0.5, 0.6) is 5.75 Å². The van der Waals surface area contributed by atoms with Crippen molar-refractivity contribution in [2.45, 2.75) is 32.2 Å². The van der Waals surface area contributed by atoms with Gasteiger partial charge >= 0.3 is 0 Å². The highest BCUT2D eigenvalue weighted by Crippen LogP contribution is 2.40. The van der Waals surface area contributed by atoms with E-state index in [0.717, 1.165) is 78.9 Å². The summed E-state index contributed by atoms with van der Waals surface area (Å²) in [5, 5.41) is 9.57. The first-order valence-electron chi connectivity index (χ1n) is 13.1. The summed E-state index contributed by atoms with van der Waals surface area (Å²) in [5.41, 5.74) is 7.77. The van der Waals surface area contributed by atoms with Crippen LogP contribution in [0.25, 0.3) is 33.4 Å². The van der Waals surface area contributed by atoms with Gasteiger partial charge in [0.25, 0.3) is 0 Å². The predicted molar refractivity (Wildman–Crippen MR) is 148 cm³/mol. The van der Waals surface area contributed by atoms with E-state index in [1.54, 1.807) is 0 Å². The van der Waals surface area contributed by atoms with Gasteiger partial charge in [0.1, 0.15) is 11.4 Å². The SMILES string of the molecule is c1ccc(CCNCCCOc2ccc3c(-c4c(-c5ccccn5)nn5c4CCC5)ccnc3c2)cc1. The fourth-order valence-corrected chi connectivity index (χ4v) is 5.12. The molecule has 0 fully saturated rings. The van der Waals surface area contributed by atoms with Crippen molar-refractivity contribution in [2.24, 2.45) is 0 Å². The Bertz CT molecular complexity index is 1480. The molecular weight excluding hydrogens is 458 g/mol. The third-order valence-electron chi connectivity index (χ3n) is 6.93. The lowest BCUT2D eigenvalue weighted by Gasteiger charge is -2.11. The Morgan fingerprint density at radius 3 is 2.70 bits per heavy atom. The van der Waals surface area contributed by atoms with E-state index in [9.17, 15) is 0 Å². The molecule has 1 N–H and O–H groups in total. The molecule has 0 spiro atoms. The number of fused-ring (bicyclic) bond motifs is 2. The van der Waals surface area contributed by atoms with Crippen molar-refractivity contribution in [3.63, 3.8) is 0 Å². The summed E-state index contributed by atoms with van der Waals surface area (Å²) in [5.74, 6) is 0.853. The number of pyridine rings is 2. The van der Waals surface area contributed by atoms with Crippen LogP contribution in [0.2, 0.25) is 0 Å². The van der Waals surface area contributed by atoms with Crippen LogP contribution in [0, 0.1) is 0 Å². The lowest BCUT2D eigenvalue weighted by atomic mass is 9.96. The second-order valence-corrected chi connectivity index (χ2v) is 9.44. The van der Waals surface area contributed by atoms with Crippen molar-refractivity contribution >= 4 is 10.9 Å². The fraction of sp³-hybridized carbons (Fsp3) is 0.258. The molecule has 1 aliphatic rings. The van der Waals surface area contributed by atoms with Gasteiger partial charge in [-0.2, -0.15) is 5.10 Å². The summed E-state index contributed by atoms with van der Waals surface area (Å²) < 4.78 is 8.22. The van der Waals surface area contributed by atoms with Crippen LogP contribution in [0.3, 0.4) is 0 Å². The standard InChI is InChI=1S/C31H31N5O/c1-2-8-23(9-3-1)14-18-32-16-7-21-37-24-12-13-25-26(15-19-34-28(25)22-24)30-29-11-6-20-36(29)35-31(30)27-10-4-5-17-33-27/h1-5,8-10,12-13,15,17,19,22,32H,6-7,11,14,16,18,20-21H2. The number of aromatic nitrogens is 4. The van der Waals surface area contributed by atoms with E-state index < -0.39 is 0 Å². The van der Waals surface area contributed by atoms with Gasteiger partial charge in [-0.3, -0.25) is 14.6 Å². The quantitative estimate of drug-likeness (QED) is 0.255. The van der Waals surface area contributed by atoms with E-state index in [1.165, 1.54) is 16.8 Å². The van der Waals surface area contributed by atoms with Gasteiger partial charge in [0.15, 0.2) is 0 Å². The fourth-order valence-electron chi connectivity index (χ4n) is 5.12. The summed E-state index contributed by atoms with van der Waals surface area (Å²) >= 11 is 0. The zero-order valence-electron chi connectivity index (χ0n) is 20.9. The molecule has 4 heterocycles. The minimum absolute atomic E-state index is 0.671. The topological polar surface area (TPSA) is 64.9 Å². The molecule has 0 unspecified atom stereocenters. The lowest BCUT2D eigenvalue weighted by Crippen LogP contribution is -2.20. The number of hydrogen-bond donors (Lipinski definition) is 1. The van der Waals surface area contributed by atoms with Gasteiger partial charge in [-0.1, -0.05) is 36.4 Å². The number of ether oxygens (including phenoxy) is 1. The number of aryl methyl sites for hydroxylation is 1. The van der Waals surface area contributed by atoms with E-state index in [4.69, 9.17) is 9.84 Å². The Hall–Kier alpha value is -4.03. The highest BCUT2D eigenvalue weighted by Gasteiger charge is 2.25. The number of hydrogen-bond acceptors (Lipinski definition) is 5. The van der Waals surface area contributed by atoms with Gasteiger partial charge in [-0.15, -0.1) is 0 Å². The Kier molecular flexibility index (Phi) is 6.90. The minimum atomic E-state index is 0.671. The van der Waals surface area contributed by atoms with Crippen molar-refractivity contribution < 1.29 is 4.74 Å². The molecule has 6 rings (SSSR count). The third-order valence-corrected chi connectivity index (χ3v) is 6.93. The van der Waals surface area contributed by atoms with Crippen LogP contribution < -0.4 is 10.1 Å². The minimum Gasteiger partial charge on any atom is -0.493 e. The highest BCUT2D eigenvalue weighted by molar-refractivity contribution is 5.99. The first kappa shape index (κ1) is 23.4. The molecule has 0 bridgehead atoms. The van der Waals surface area contributed by atoms with Crippen LogP contribution >= 0.6 is 0 Å². The van der Waals surface area contributed by atoms with Gasteiger partial charge in [0, 0.05) is 41.6 Å². The number of nitrogens with one attached hydrogen (secondary N) is 1. The summed E-state index contributed by atoms with van der Waals surface area (Å²) in [6.45, 7) is 3.54. The Morgan fingerprint density at radius 2 is 1.81 bits per heavy atom. The van der Waals surface area contributed by atoms with E-state index in [0.29, 0.717) is 6.61 Å². The van der Waals surface area contributed by atoms with E-state index in [1.807, 2.05) is 36.7 Å². The van der Waals surface area contributed by atoms with Crippen molar-refractivity contribution in [1.82, 2.24) is 25.1 Å². The Morgan fingerprint density at radius 1 is 0.892 bits per heavy atom. The molecular formula is C31H31N5O. The van der Waals surface area contributed by atoms with Gasteiger partial charge in [0.05, 0.1) is 17.8 Å². The normalized spacial score (nSPS) is 12.6. The van der Waals surface area contributed by atoms with E-state index in [2.05, 4.69) is 68.5 Å². The van der Waals surface area contributed by atoms with Gasteiger partial charge in [0.2, 0.25) is 0 Å². The summed E-state index contributed by atoms with van der Waals surface area (Å²) in [6, 6.07) is 24.9. The molecule has 37 heavy (non-hydrogen) atoms. The molecule has 6 heteroatoms. The largest absolute Gasteiger partial charge is 0.493 e. The van der Waals surface area contributed by atoms with Crippen molar-refractivity contribution in [1.29, 1.82) is 0 Å². The van der Waals surface area contributed by atoms with Crippen LogP contribution in [-0.2, 0) is 19.4 Å². The maximum Gasteiger partial charge on any atom is 0.121 e. The average molecular weight is 490 g/mol. The van der Waals surface area contributed by atoms with Gasteiger partial charge < -0.3 is 10.1 Å². The van der Waals surface area contributed by atoms with E-state index >= 15 is 0 Å². The molecule has 0 saturated carbocycles. The summed E-state index contributed by atoms with van der Waals surface area (Å²) in [4.78, 5) is 9.27. The maximum atomic E-state index is 6.07. The van der Waals surface area contributed by atoms with Crippen LogP contribution in [0.1, 0.15) is 24.1 Å². The molecule has 2 aromatic carbocycles. The van der Waals surface area contributed by atoms with Crippen molar-refractivity contribution in [3.05, 3.63) is 96.4 Å². The highest BCUT2D eigenvalue weighted by atomic mass is 16.5. The molecule has 186 valence electrons. The number of benzene rings is 2. The number of rotatable bonds is 10. The lowest BCUT2D eigenvalue weighted by molar-refractivity contribution is 0.309. The third kappa shape index (κ3) is 5.11. The monoisotopic (exact) mass is 489 g/mol. The van der Waals surface area contributed by atoms with Crippen LogP contribution in [0.15, 0.2) is 85.2 Å². The van der Waals surface area contributed by atoms with Crippen LogP contribution in [0.4, 0.5) is 0 Å². The molecule has 0 saturated heterocycles. The van der Waals surface area contributed by atoms with E-state index in [-0.39, 0.29) is 0 Å². The van der Waals surface area contributed by atoms with Gasteiger partial charge in [-0.05, 0) is 80.2 Å². The molecule has 0 amide bonds. The maximum absolute atomic E-state index is 6.07. The predicted octanol–water partition coefficient (Wildman–Crippen LogP) is 5.71. The molecule has 6 nitrogen and oxygen atoms in total. The molecule has 0 radical (unpaired) electrons. The second kappa shape index (κ2) is 10.9. The summed E-state index contributed by atoms with van der Waals surface area (Å²) in [7, 11) is 0. The Balaban J connectivity index is 1.15. The first-order chi connectivity index (χ1) is 18.4. The van der Waals surface area contributed by atoms with Crippen LogP contribution in [-0.4, -0.2) is 39.4 Å². The second-order valence-electron chi connectivity index (χ2n) is 9.44. The zero-order chi connectivity index (χ0) is 24.9. The Labute approximate surface area is 217 Å². The van der Waals surface area contributed by atoms with Gasteiger partial charge in [-0.25, -0.2) is 0 Å². The smallest absolute Gasteiger partial charge is 0.121 e. The summed E-state index contributed by atoms with van der Waals surface area (Å²) in [6.07, 6.45) is 7.87. The number of nitrogens with zero attached hydrogens (tertiary/aromatic N) is 4. The molecule has 1 aliphatic heterocycles. The van der Waals surface area contributed by atoms with Crippen molar-refractivity contribution in [3.8, 4) is 28.3 Å². The molecule has 0 aliphatic carbocycles. The zero-order valence-corrected chi connectivity index (χ0v) is 20.9.